The van der Waals surface area contributed by atoms with Crippen molar-refractivity contribution in [2.24, 2.45) is 0 Å². The van der Waals surface area contributed by atoms with Gasteiger partial charge in [-0.1, -0.05) is 18.2 Å². The average Bonchev–Trinajstić information content (AvgIpc) is 2.47. The summed E-state index contributed by atoms with van der Waals surface area (Å²) in [5.74, 6) is 0. The van der Waals surface area contributed by atoms with Gasteiger partial charge in [0.2, 0.25) is 0 Å². The molecule has 5 heteroatoms. The molecule has 0 spiro atoms. The van der Waals surface area contributed by atoms with Gasteiger partial charge in [0.25, 0.3) is 0 Å². The second-order valence-electron chi connectivity index (χ2n) is 4.30. The zero-order chi connectivity index (χ0) is 14.2. The highest BCUT2D eigenvalue weighted by Crippen LogP contribution is 2.10. The van der Waals surface area contributed by atoms with Crippen molar-refractivity contribution < 1.29 is 0 Å². The fourth-order valence-corrected chi connectivity index (χ4v) is 1.90. The van der Waals surface area contributed by atoms with Crippen molar-refractivity contribution in [2.75, 3.05) is 29.5 Å². The van der Waals surface area contributed by atoms with Crippen molar-refractivity contribution in [2.45, 2.75) is 0 Å². The van der Waals surface area contributed by atoms with Crippen LogP contribution in [-0.2, 0) is 0 Å². The summed E-state index contributed by atoms with van der Waals surface area (Å²) in [6, 6.07) is 17.5. The van der Waals surface area contributed by atoms with Gasteiger partial charge in [0.05, 0.1) is 0 Å². The first-order valence-electron chi connectivity index (χ1n) is 6.43. The second kappa shape index (κ2) is 7.35. The molecule has 0 heterocycles. The molecule has 104 valence electrons. The Bertz CT molecular complexity index is 540. The number of benzene rings is 2. The molecule has 2 rings (SSSR count). The van der Waals surface area contributed by atoms with Crippen LogP contribution in [0.1, 0.15) is 0 Å². The van der Waals surface area contributed by atoms with Crippen LogP contribution < -0.4 is 21.7 Å². The molecule has 0 radical (unpaired) electrons. The highest BCUT2D eigenvalue weighted by Gasteiger charge is 1.97. The lowest BCUT2D eigenvalue weighted by Crippen LogP contribution is -2.32. The molecular weight excluding hydrogens is 268 g/mol. The van der Waals surface area contributed by atoms with Crippen LogP contribution in [0.15, 0.2) is 54.6 Å². The average molecular weight is 286 g/mol. The Balaban J connectivity index is 1.66. The number of rotatable bonds is 5. The van der Waals surface area contributed by atoms with Gasteiger partial charge < -0.3 is 21.7 Å². The summed E-state index contributed by atoms with van der Waals surface area (Å²) < 4.78 is 0. The van der Waals surface area contributed by atoms with Gasteiger partial charge in [-0.25, -0.2) is 0 Å². The summed E-state index contributed by atoms with van der Waals surface area (Å²) in [5, 5.41) is 10.2. The highest BCUT2D eigenvalue weighted by molar-refractivity contribution is 7.80. The number of nitrogens with one attached hydrogen (secondary N) is 3. The predicted molar refractivity (Wildman–Crippen MR) is 90.0 cm³/mol. The van der Waals surface area contributed by atoms with E-state index in [-0.39, 0.29) is 0 Å². The van der Waals surface area contributed by atoms with E-state index in [1.54, 1.807) is 0 Å². The van der Waals surface area contributed by atoms with Gasteiger partial charge in [-0.05, 0) is 48.6 Å². The van der Waals surface area contributed by atoms with Gasteiger partial charge >= 0.3 is 0 Å². The Labute approximate surface area is 124 Å². The van der Waals surface area contributed by atoms with Gasteiger partial charge in [0, 0.05) is 30.2 Å². The Morgan fingerprint density at radius 2 is 1.60 bits per heavy atom. The number of para-hydroxylation sites is 1. The van der Waals surface area contributed by atoms with Crippen LogP contribution in [0, 0.1) is 0 Å². The second-order valence-corrected chi connectivity index (χ2v) is 4.70. The fourth-order valence-electron chi connectivity index (χ4n) is 1.68. The molecule has 0 fully saturated rings. The van der Waals surface area contributed by atoms with Crippen LogP contribution in [0.5, 0.6) is 0 Å². The summed E-state index contributed by atoms with van der Waals surface area (Å²) in [7, 11) is 0. The maximum Gasteiger partial charge on any atom is 0.170 e. The third kappa shape index (κ3) is 4.78. The fraction of sp³-hybridized carbons (Fsp3) is 0.133. The normalized spacial score (nSPS) is 9.80. The Hall–Kier alpha value is -2.27. The zero-order valence-electron chi connectivity index (χ0n) is 11.1. The molecule has 5 N–H and O–H groups in total. The lowest BCUT2D eigenvalue weighted by molar-refractivity contribution is 0.916. The molecule has 0 bridgehead atoms. The Kier molecular flexibility index (Phi) is 5.20. The maximum absolute atomic E-state index is 5.63. The van der Waals surface area contributed by atoms with Crippen molar-refractivity contribution in [3.63, 3.8) is 0 Å². The van der Waals surface area contributed by atoms with E-state index in [9.17, 15) is 0 Å². The van der Waals surface area contributed by atoms with E-state index >= 15 is 0 Å². The Morgan fingerprint density at radius 1 is 0.900 bits per heavy atom. The van der Waals surface area contributed by atoms with Crippen molar-refractivity contribution >= 4 is 34.4 Å². The summed E-state index contributed by atoms with van der Waals surface area (Å²) >= 11 is 5.22. The number of nitrogen functional groups attached to an aromatic ring is 1. The minimum Gasteiger partial charge on any atom is -0.399 e. The first-order valence-corrected chi connectivity index (χ1v) is 6.84. The van der Waals surface area contributed by atoms with Crippen molar-refractivity contribution in [1.29, 1.82) is 0 Å². The van der Waals surface area contributed by atoms with Crippen molar-refractivity contribution in [1.82, 2.24) is 5.32 Å². The summed E-state index contributed by atoms with van der Waals surface area (Å²) in [6.45, 7) is 1.54. The molecule has 4 nitrogen and oxygen atoms in total. The predicted octanol–water partition coefficient (Wildman–Crippen LogP) is 2.67. The van der Waals surface area contributed by atoms with Crippen molar-refractivity contribution in [3.8, 4) is 0 Å². The molecule has 0 saturated heterocycles. The van der Waals surface area contributed by atoms with Crippen molar-refractivity contribution in [3.05, 3.63) is 54.6 Å². The van der Waals surface area contributed by atoms with Crippen LogP contribution in [0.4, 0.5) is 17.1 Å². The number of anilines is 3. The largest absolute Gasteiger partial charge is 0.399 e. The quantitative estimate of drug-likeness (QED) is 0.387. The van der Waals surface area contributed by atoms with Crippen LogP contribution in [0.25, 0.3) is 0 Å². The van der Waals surface area contributed by atoms with Crippen LogP contribution in [-0.4, -0.2) is 18.2 Å². The highest BCUT2D eigenvalue weighted by atomic mass is 32.1. The number of hydrogen-bond acceptors (Lipinski definition) is 3. The molecule has 0 atom stereocenters. The van der Waals surface area contributed by atoms with E-state index in [1.165, 1.54) is 0 Å². The molecule has 0 amide bonds. The molecule has 2 aromatic rings. The summed E-state index contributed by atoms with van der Waals surface area (Å²) in [6.07, 6.45) is 0. The summed E-state index contributed by atoms with van der Waals surface area (Å²) in [4.78, 5) is 0. The van der Waals surface area contributed by atoms with E-state index in [2.05, 4.69) is 16.0 Å². The molecule has 0 aliphatic rings. The third-order valence-electron chi connectivity index (χ3n) is 2.68. The molecular formula is C15H18N4S. The molecule has 0 aliphatic heterocycles. The molecule has 0 unspecified atom stereocenters. The topological polar surface area (TPSA) is 62.1 Å². The van der Waals surface area contributed by atoms with Gasteiger partial charge in [0.15, 0.2) is 5.11 Å². The number of thiocarbonyl (C=S) groups is 1. The molecule has 0 aromatic heterocycles. The minimum absolute atomic E-state index is 0.602. The first kappa shape index (κ1) is 14.1. The lowest BCUT2D eigenvalue weighted by atomic mass is 10.3. The first-order chi connectivity index (χ1) is 9.74. The van der Waals surface area contributed by atoms with E-state index in [4.69, 9.17) is 18.0 Å². The van der Waals surface area contributed by atoms with E-state index < -0.39 is 0 Å². The maximum atomic E-state index is 5.63. The smallest absolute Gasteiger partial charge is 0.170 e. The van der Waals surface area contributed by atoms with Gasteiger partial charge in [-0.2, -0.15) is 0 Å². The number of nitrogens with two attached hydrogens (primary N) is 1. The SMILES string of the molecule is Nc1ccc(NC(=S)NCCNc2ccccc2)cc1. The Morgan fingerprint density at radius 3 is 2.30 bits per heavy atom. The van der Waals surface area contributed by atoms with Crippen LogP contribution >= 0.6 is 12.2 Å². The van der Waals surface area contributed by atoms with E-state index in [0.717, 1.165) is 30.2 Å². The van der Waals surface area contributed by atoms with E-state index in [1.807, 2.05) is 54.6 Å². The van der Waals surface area contributed by atoms with Gasteiger partial charge in [-0.3, -0.25) is 0 Å². The van der Waals surface area contributed by atoms with Crippen LogP contribution in [0.2, 0.25) is 0 Å². The van der Waals surface area contributed by atoms with Gasteiger partial charge in [0.1, 0.15) is 0 Å². The standard InChI is InChI=1S/C15H18N4S/c16-12-6-8-14(9-7-12)19-15(20)18-11-10-17-13-4-2-1-3-5-13/h1-9,17H,10-11,16H2,(H2,18,19,20). The number of hydrogen-bond donors (Lipinski definition) is 4. The zero-order valence-corrected chi connectivity index (χ0v) is 11.9. The minimum atomic E-state index is 0.602. The molecule has 0 saturated carbocycles. The monoisotopic (exact) mass is 286 g/mol. The summed E-state index contributed by atoms with van der Waals surface area (Å²) in [5.41, 5.74) is 8.39. The third-order valence-corrected chi connectivity index (χ3v) is 2.93. The lowest BCUT2D eigenvalue weighted by Gasteiger charge is -2.11. The van der Waals surface area contributed by atoms with Crippen LogP contribution in [0.3, 0.4) is 0 Å². The molecule has 2 aromatic carbocycles. The van der Waals surface area contributed by atoms with Gasteiger partial charge in [-0.15, -0.1) is 0 Å². The molecule has 0 aliphatic carbocycles. The van der Waals surface area contributed by atoms with E-state index in [0.29, 0.717) is 5.11 Å². The molecule has 20 heavy (non-hydrogen) atoms.